The Labute approximate surface area is 39.7 Å². The molecule has 0 atom stereocenters. The monoisotopic (exact) mass is 50.1 g/mol. The van der Waals surface area contributed by atoms with Crippen LogP contribution in [0, 0.1) is 0 Å². The molecule has 0 unspecified atom stereocenters. The van der Waals surface area contributed by atoms with Gasteiger partial charge in [-0.15, -0.1) is 0 Å². The molecule has 18 valence electrons. The molecule has 0 spiro atoms. The van der Waals surface area contributed by atoms with Gasteiger partial charge in [-0.2, -0.15) is 0 Å². The van der Waals surface area contributed by atoms with Gasteiger partial charge in [-0.25, -0.2) is 0 Å². The van der Waals surface area contributed by atoms with E-state index in [1.807, 2.05) is 0 Å². The number of hydrogen-bond donors (Lipinski definition) is 0. The molecular formula is CH4BLiO. The van der Waals surface area contributed by atoms with Crippen LogP contribution in [0.15, 0.2) is 0 Å². The van der Waals surface area contributed by atoms with Crippen molar-refractivity contribution < 1.29 is 25.0 Å². The van der Waals surface area contributed by atoms with E-state index < -0.39 is 0 Å². The molecular weight excluding hydrogens is 45.8 g/mol. The van der Waals surface area contributed by atoms with Gasteiger partial charge in [-0.05, 0) is 0 Å². The summed E-state index contributed by atoms with van der Waals surface area (Å²) in [6, 6.07) is 0. The quantitative estimate of drug-likeness (QED) is 0.271. The number of hydrogen-bond acceptors (Lipinski definition) is 1. The summed E-state index contributed by atoms with van der Waals surface area (Å²) in [5.41, 5.74) is 0. The molecule has 0 aromatic carbocycles. The van der Waals surface area contributed by atoms with Gasteiger partial charge in [-0.1, -0.05) is 0 Å². The molecule has 0 aromatic rings. The molecule has 0 rings (SSSR count). The molecule has 0 saturated heterocycles. The Kier molecular flexibility index (Phi) is 21.7. The van der Waals surface area contributed by atoms with Crippen LogP contribution < -0.4 is 18.9 Å². The Hall–Kier alpha value is 0.462. The van der Waals surface area contributed by atoms with E-state index in [4.69, 9.17) is 4.70 Å². The third-order valence-electron chi connectivity index (χ3n) is 0. The van der Waals surface area contributed by atoms with Crippen LogP contribution in [0.5, 0.6) is 0 Å². The van der Waals surface area contributed by atoms with Crippen molar-refractivity contribution in [2.75, 3.05) is 0 Å². The minimum Gasteiger partial charge on any atom is -1.00 e. The summed E-state index contributed by atoms with van der Waals surface area (Å²) < 4.78 is 8.81. The van der Waals surface area contributed by atoms with E-state index in [0.29, 0.717) is 0 Å². The molecule has 3 heteroatoms. The van der Waals surface area contributed by atoms with Crippen LogP contribution in [0.3, 0.4) is 0 Å². The first kappa shape index (κ1) is 8.82. The summed E-state index contributed by atoms with van der Waals surface area (Å²) in [4.78, 5) is 0. The van der Waals surface area contributed by atoms with Gasteiger partial charge in [0.15, 0.2) is 0 Å². The second-order valence-corrected chi connectivity index (χ2v) is 0.236. The van der Waals surface area contributed by atoms with Gasteiger partial charge >= 0.3 is 37.5 Å². The maximum absolute atomic E-state index is 8.81. The molecule has 0 aliphatic carbocycles. The molecule has 0 fully saturated rings. The molecule has 4 heavy (non-hydrogen) atoms. The van der Waals surface area contributed by atoms with Gasteiger partial charge in [0.2, 0.25) is 0 Å². The normalized spacial score (nSPS) is 2.25. The first-order chi connectivity index (χ1) is 1.41. The predicted octanol–water partition coefficient (Wildman–Crippen LogP) is -2.80. The number of rotatable bonds is 0. The Bertz CT molecular complexity index is 19.1. The first-order valence-corrected chi connectivity index (χ1v) is 0.813. The van der Waals surface area contributed by atoms with E-state index in [1.54, 1.807) is 0 Å². The summed E-state index contributed by atoms with van der Waals surface area (Å²) in [6.07, 6.45) is 0. The molecule has 0 radical (unpaired) electrons. The van der Waals surface area contributed by atoms with Crippen molar-refractivity contribution in [2.24, 2.45) is 0 Å². The fourth-order valence-electron chi connectivity index (χ4n) is 0. The molecule has 0 bridgehead atoms. The van der Waals surface area contributed by atoms with E-state index in [1.165, 1.54) is 6.82 Å². The largest absolute Gasteiger partial charge is 1.00 e. The molecule has 0 amide bonds. The molecule has 0 aliphatic rings. The summed E-state index contributed by atoms with van der Waals surface area (Å²) in [5.74, 6) is 0. The van der Waals surface area contributed by atoms with Crippen LogP contribution in [-0.2, 0) is 4.70 Å². The zero-order valence-electron chi connectivity index (χ0n) is 3.99. The van der Waals surface area contributed by atoms with Gasteiger partial charge in [0, 0.05) is 0 Å². The van der Waals surface area contributed by atoms with Crippen LogP contribution in [0.25, 0.3) is 0 Å². The van der Waals surface area contributed by atoms with Crippen molar-refractivity contribution in [3.05, 3.63) is 0 Å². The second kappa shape index (κ2) is 9.82. The second-order valence-electron chi connectivity index (χ2n) is 0.236. The van der Waals surface area contributed by atoms with Crippen molar-refractivity contribution in [2.45, 2.75) is 6.82 Å². The molecule has 0 aliphatic heterocycles. The van der Waals surface area contributed by atoms with Crippen LogP contribution in [0.1, 0.15) is 1.43 Å². The van der Waals surface area contributed by atoms with E-state index in [0.717, 1.165) is 7.15 Å². The molecule has 1 nitrogen and oxygen atoms in total. The van der Waals surface area contributed by atoms with Crippen LogP contribution >= 0.6 is 0 Å². The SMILES string of the molecule is CB=O.[H-].[Li+]. The maximum Gasteiger partial charge on any atom is 1.00 e. The van der Waals surface area contributed by atoms with Gasteiger partial charge in [0.25, 0.3) is 0 Å². The summed E-state index contributed by atoms with van der Waals surface area (Å²) in [6.45, 7) is 1.44. The minimum absolute atomic E-state index is 0. The first-order valence-electron chi connectivity index (χ1n) is 0.813. The van der Waals surface area contributed by atoms with E-state index >= 15 is 0 Å². The molecule has 0 aromatic heterocycles. The fraction of sp³-hybridized carbons (Fsp3) is 1.00. The standard InChI is InChI=1S/CH3BO.Li.H/c1-2-3;;/h1H3;;/q;+1;-1. The molecule has 0 saturated carbocycles. The topological polar surface area (TPSA) is 17.1 Å². The van der Waals surface area contributed by atoms with Crippen molar-refractivity contribution in [3.8, 4) is 0 Å². The van der Waals surface area contributed by atoms with E-state index in [2.05, 4.69) is 0 Å². The fourth-order valence-corrected chi connectivity index (χ4v) is 0. The van der Waals surface area contributed by atoms with Crippen LogP contribution in [0.4, 0.5) is 0 Å². The molecule has 0 N–H and O–H groups in total. The Morgan fingerprint density at radius 1 is 2.00 bits per heavy atom. The average molecular weight is 49.8 g/mol. The summed E-state index contributed by atoms with van der Waals surface area (Å²) >= 11 is 0. The van der Waals surface area contributed by atoms with Crippen LogP contribution in [0.2, 0.25) is 6.82 Å². The van der Waals surface area contributed by atoms with Gasteiger partial charge < -0.3 is 1.43 Å². The smallest absolute Gasteiger partial charge is 1.00 e. The minimum atomic E-state index is 0. The van der Waals surface area contributed by atoms with Crippen molar-refractivity contribution in [1.29, 1.82) is 0 Å². The van der Waals surface area contributed by atoms with Crippen molar-refractivity contribution in [3.63, 3.8) is 0 Å². The predicted molar refractivity (Wildman–Crippen MR) is 13.4 cm³/mol. The van der Waals surface area contributed by atoms with Gasteiger partial charge in [0.05, 0.1) is 0 Å². The third kappa shape index (κ3) is 24.6. The van der Waals surface area contributed by atoms with E-state index in [-0.39, 0.29) is 20.3 Å². The Balaban J connectivity index is -0.0000000200. The van der Waals surface area contributed by atoms with Gasteiger partial charge in [0.1, 0.15) is 0 Å². The van der Waals surface area contributed by atoms with Crippen molar-refractivity contribution in [1.82, 2.24) is 0 Å². The molecule has 0 heterocycles. The van der Waals surface area contributed by atoms with Gasteiger partial charge in [-0.3, -0.25) is 0 Å². The van der Waals surface area contributed by atoms with Crippen molar-refractivity contribution >= 4 is 7.15 Å². The maximum atomic E-state index is 8.81. The Morgan fingerprint density at radius 3 is 2.00 bits per heavy atom. The summed E-state index contributed by atoms with van der Waals surface area (Å²) in [7, 11) is 0.750. The van der Waals surface area contributed by atoms with Crippen LogP contribution in [-0.4, -0.2) is 7.15 Å². The third-order valence-corrected chi connectivity index (χ3v) is 0. The zero-order valence-corrected chi connectivity index (χ0v) is 2.99. The summed E-state index contributed by atoms with van der Waals surface area (Å²) in [5, 5.41) is 0. The zero-order chi connectivity index (χ0) is 2.71. The van der Waals surface area contributed by atoms with E-state index in [9.17, 15) is 0 Å². The Morgan fingerprint density at radius 2 is 2.00 bits per heavy atom. The average Bonchev–Trinajstić information content (AvgIpc) is 0.918.